The quantitative estimate of drug-likeness (QED) is 0.821. The van der Waals surface area contributed by atoms with Gasteiger partial charge in [0, 0.05) is 0 Å². The van der Waals surface area contributed by atoms with Gasteiger partial charge in [0.25, 0.3) is 0 Å². The van der Waals surface area contributed by atoms with Crippen molar-refractivity contribution in [3.8, 4) is 11.5 Å². The zero-order valence-electron chi connectivity index (χ0n) is 12.0. The third-order valence-electron chi connectivity index (χ3n) is 2.34. The first-order valence-electron chi connectivity index (χ1n) is 6.53. The molecule has 0 aliphatic heterocycles. The highest BCUT2D eigenvalue weighted by Gasteiger charge is 2.12. The molecule has 19 heavy (non-hydrogen) atoms. The summed E-state index contributed by atoms with van der Waals surface area (Å²) in [6.07, 6.45) is 0. The van der Waals surface area contributed by atoms with Gasteiger partial charge in [-0.3, -0.25) is 0 Å². The molecule has 1 aromatic rings. The molecule has 0 aliphatic rings. The SMILES string of the molecule is CC(C)COc1ccc(C(=O)O)cc1OCC(C)C. The number of benzene rings is 1. The van der Waals surface area contributed by atoms with Crippen LogP contribution in [0.5, 0.6) is 11.5 Å². The molecule has 0 radical (unpaired) electrons. The van der Waals surface area contributed by atoms with Gasteiger partial charge < -0.3 is 14.6 Å². The van der Waals surface area contributed by atoms with Gasteiger partial charge in [0.2, 0.25) is 0 Å². The van der Waals surface area contributed by atoms with Crippen molar-refractivity contribution in [1.82, 2.24) is 0 Å². The van der Waals surface area contributed by atoms with Crippen LogP contribution in [0.25, 0.3) is 0 Å². The maximum absolute atomic E-state index is 11.0. The molecule has 0 spiro atoms. The summed E-state index contributed by atoms with van der Waals surface area (Å²) in [5, 5.41) is 9.00. The van der Waals surface area contributed by atoms with E-state index in [-0.39, 0.29) is 5.56 Å². The van der Waals surface area contributed by atoms with Crippen molar-refractivity contribution in [1.29, 1.82) is 0 Å². The molecule has 1 aromatic carbocycles. The van der Waals surface area contributed by atoms with Crippen molar-refractivity contribution in [2.45, 2.75) is 27.7 Å². The van der Waals surface area contributed by atoms with Crippen LogP contribution in [-0.2, 0) is 0 Å². The predicted molar refractivity (Wildman–Crippen MR) is 74.1 cm³/mol. The maximum atomic E-state index is 11.0. The molecule has 4 heteroatoms. The van der Waals surface area contributed by atoms with E-state index in [0.717, 1.165) is 0 Å². The van der Waals surface area contributed by atoms with Gasteiger partial charge in [-0.15, -0.1) is 0 Å². The van der Waals surface area contributed by atoms with Crippen LogP contribution in [0.1, 0.15) is 38.1 Å². The molecular weight excluding hydrogens is 244 g/mol. The van der Waals surface area contributed by atoms with Gasteiger partial charge in [0.1, 0.15) is 0 Å². The second-order valence-electron chi connectivity index (χ2n) is 5.38. The van der Waals surface area contributed by atoms with Gasteiger partial charge in [0.15, 0.2) is 11.5 Å². The van der Waals surface area contributed by atoms with Crippen LogP contribution in [0.3, 0.4) is 0 Å². The Hall–Kier alpha value is -1.71. The monoisotopic (exact) mass is 266 g/mol. The minimum absolute atomic E-state index is 0.204. The molecule has 0 saturated carbocycles. The van der Waals surface area contributed by atoms with Crippen molar-refractivity contribution < 1.29 is 19.4 Å². The second-order valence-corrected chi connectivity index (χ2v) is 5.38. The van der Waals surface area contributed by atoms with Crippen LogP contribution in [0.2, 0.25) is 0 Å². The van der Waals surface area contributed by atoms with E-state index in [1.807, 2.05) is 13.8 Å². The summed E-state index contributed by atoms with van der Waals surface area (Å²) in [6, 6.07) is 4.70. The van der Waals surface area contributed by atoms with Crippen LogP contribution in [-0.4, -0.2) is 24.3 Å². The third-order valence-corrected chi connectivity index (χ3v) is 2.34. The van der Waals surface area contributed by atoms with E-state index in [2.05, 4.69) is 13.8 Å². The fourth-order valence-electron chi connectivity index (χ4n) is 1.39. The number of ether oxygens (including phenoxy) is 2. The molecule has 0 amide bonds. The van der Waals surface area contributed by atoms with Gasteiger partial charge in [-0.2, -0.15) is 0 Å². The Morgan fingerprint density at radius 3 is 2.05 bits per heavy atom. The zero-order chi connectivity index (χ0) is 14.4. The van der Waals surface area contributed by atoms with Crippen LogP contribution >= 0.6 is 0 Å². The van der Waals surface area contributed by atoms with Crippen molar-refractivity contribution >= 4 is 5.97 Å². The normalized spacial score (nSPS) is 10.8. The summed E-state index contributed by atoms with van der Waals surface area (Å²) < 4.78 is 11.3. The first-order valence-corrected chi connectivity index (χ1v) is 6.53. The van der Waals surface area contributed by atoms with Gasteiger partial charge in [-0.05, 0) is 30.0 Å². The van der Waals surface area contributed by atoms with E-state index < -0.39 is 5.97 Å². The average molecular weight is 266 g/mol. The molecule has 0 heterocycles. The fourth-order valence-corrected chi connectivity index (χ4v) is 1.39. The molecule has 1 N–H and O–H groups in total. The average Bonchev–Trinajstić information content (AvgIpc) is 2.33. The van der Waals surface area contributed by atoms with E-state index in [1.54, 1.807) is 6.07 Å². The summed E-state index contributed by atoms with van der Waals surface area (Å²) in [4.78, 5) is 11.0. The van der Waals surface area contributed by atoms with Crippen molar-refractivity contribution in [2.24, 2.45) is 11.8 Å². The van der Waals surface area contributed by atoms with Gasteiger partial charge in [-0.25, -0.2) is 4.79 Å². The lowest BCUT2D eigenvalue weighted by molar-refractivity contribution is 0.0696. The minimum Gasteiger partial charge on any atom is -0.489 e. The Morgan fingerprint density at radius 1 is 1.05 bits per heavy atom. The summed E-state index contributed by atoms with van der Waals surface area (Å²) >= 11 is 0. The summed E-state index contributed by atoms with van der Waals surface area (Å²) in [6.45, 7) is 9.29. The number of rotatable bonds is 7. The number of aromatic carboxylic acids is 1. The Kier molecular flexibility index (Phi) is 5.67. The minimum atomic E-state index is -0.968. The summed E-state index contributed by atoms with van der Waals surface area (Å²) in [5.74, 6) is 0.891. The molecule has 0 unspecified atom stereocenters. The fraction of sp³-hybridized carbons (Fsp3) is 0.533. The van der Waals surface area contributed by atoms with Gasteiger partial charge in [-0.1, -0.05) is 27.7 Å². The molecule has 0 bridgehead atoms. The van der Waals surface area contributed by atoms with E-state index >= 15 is 0 Å². The van der Waals surface area contributed by atoms with Gasteiger partial charge in [0.05, 0.1) is 18.8 Å². The zero-order valence-corrected chi connectivity index (χ0v) is 12.0. The van der Waals surface area contributed by atoms with E-state index in [1.165, 1.54) is 12.1 Å². The van der Waals surface area contributed by atoms with Crippen molar-refractivity contribution in [3.05, 3.63) is 23.8 Å². The highest BCUT2D eigenvalue weighted by atomic mass is 16.5. The van der Waals surface area contributed by atoms with Crippen LogP contribution in [0.4, 0.5) is 0 Å². The van der Waals surface area contributed by atoms with Crippen LogP contribution in [0, 0.1) is 11.8 Å². The Balaban J connectivity index is 2.90. The van der Waals surface area contributed by atoms with Crippen molar-refractivity contribution in [2.75, 3.05) is 13.2 Å². The Morgan fingerprint density at radius 2 is 1.58 bits per heavy atom. The van der Waals surface area contributed by atoms with Crippen LogP contribution < -0.4 is 9.47 Å². The summed E-state index contributed by atoms with van der Waals surface area (Å²) in [7, 11) is 0. The first-order chi connectivity index (χ1) is 8.90. The maximum Gasteiger partial charge on any atom is 0.335 e. The number of carboxylic acid groups (broad SMARTS) is 1. The Labute approximate surface area is 114 Å². The van der Waals surface area contributed by atoms with Crippen molar-refractivity contribution in [3.63, 3.8) is 0 Å². The molecule has 0 fully saturated rings. The number of carboxylic acids is 1. The topological polar surface area (TPSA) is 55.8 Å². The highest BCUT2D eigenvalue weighted by molar-refractivity contribution is 5.88. The second kappa shape index (κ2) is 7.02. The molecule has 0 aliphatic carbocycles. The molecule has 4 nitrogen and oxygen atoms in total. The lowest BCUT2D eigenvalue weighted by atomic mass is 10.2. The smallest absolute Gasteiger partial charge is 0.335 e. The lowest BCUT2D eigenvalue weighted by Gasteiger charge is -2.15. The number of hydrogen-bond donors (Lipinski definition) is 1. The first kappa shape index (κ1) is 15.3. The lowest BCUT2D eigenvalue weighted by Crippen LogP contribution is -2.09. The Bertz CT molecular complexity index is 424. The van der Waals surface area contributed by atoms with Gasteiger partial charge >= 0.3 is 5.97 Å². The standard InChI is InChI=1S/C15H22O4/c1-10(2)8-18-13-6-5-12(15(16)17)7-14(13)19-9-11(3)4/h5-7,10-11H,8-9H2,1-4H3,(H,16,17). The largest absolute Gasteiger partial charge is 0.489 e. The molecule has 1 rings (SSSR count). The van der Waals surface area contributed by atoms with E-state index in [9.17, 15) is 4.79 Å². The molecule has 0 aromatic heterocycles. The third kappa shape index (κ3) is 5.20. The molecule has 0 saturated heterocycles. The predicted octanol–water partition coefficient (Wildman–Crippen LogP) is 3.45. The van der Waals surface area contributed by atoms with E-state index in [0.29, 0.717) is 36.5 Å². The van der Waals surface area contributed by atoms with Crippen LogP contribution in [0.15, 0.2) is 18.2 Å². The number of hydrogen-bond acceptors (Lipinski definition) is 3. The molecular formula is C15H22O4. The molecule has 0 atom stereocenters. The summed E-state index contributed by atoms with van der Waals surface area (Å²) in [5.41, 5.74) is 0.204. The van der Waals surface area contributed by atoms with E-state index in [4.69, 9.17) is 14.6 Å². The molecule has 106 valence electrons. The highest BCUT2D eigenvalue weighted by Crippen LogP contribution is 2.29. The number of carbonyl (C=O) groups is 1.